The van der Waals surface area contributed by atoms with E-state index in [1.54, 1.807) is 21.9 Å². The van der Waals surface area contributed by atoms with Gasteiger partial charge in [-0.2, -0.15) is 0 Å². The fourth-order valence-corrected chi connectivity index (χ4v) is 3.18. The number of hydrogen-bond acceptors (Lipinski definition) is 5. The Morgan fingerprint density at radius 3 is 2.24 bits per heavy atom. The van der Waals surface area contributed by atoms with Crippen molar-refractivity contribution in [3.63, 3.8) is 0 Å². The van der Waals surface area contributed by atoms with Crippen LogP contribution in [0.25, 0.3) is 0 Å². The van der Waals surface area contributed by atoms with Crippen LogP contribution in [0.15, 0.2) is 24.3 Å². The lowest BCUT2D eigenvalue weighted by atomic mass is 10.1. The highest BCUT2D eigenvalue weighted by Gasteiger charge is 2.34. The Hall–Kier alpha value is -1.83. The van der Waals surface area contributed by atoms with Gasteiger partial charge in [-0.1, -0.05) is 0 Å². The number of halogens is 1. The molecule has 3 N–H and O–H groups in total. The summed E-state index contributed by atoms with van der Waals surface area (Å²) < 4.78 is 5.66. The molecule has 0 spiro atoms. The Morgan fingerprint density at radius 1 is 1.08 bits per heavy atom. The van der Waals surface area contributed by atoms with Gasteiger partial charge in [-0.15, -0.1) is 12.4 Å². The number of nitrogens with zero attached hydrogens (tertiary/aromatic N) is 2. The summed E-state index contributed by atoms with van der Waals surface area (Å²) in [5.41, 5.74) is 6.12. The maximum Gasteiger partial charge on any atom is 0.253 e. The molecule has 0 aromatic heterocycles. The summed E-state index contributed by atoms with van der Waals surface area (Å²) in [5, 5.41) is 9.30. The van der Waals surface area contributed by atoms with Crippen molar-refractivity contribution in [2.75, 3.05) is 32.7 Å². The molecule has 0 bridgehead atoms. The van der Waals surface area contributed by atoms with E-state index in [-0.39, 0.29) is 36.1 Å². The second-order valence-corrected chi connectivity index (χ2v) is 6.22. The number of nitrogens with two attached hydrogens (primary N) is 1. The predicted molar refractivity (Wildman–Crippen MR) is 94.8 cm³/mol. The van der Waals surface area contributed by atoms with Crippen LogP contribution >= 0.6 is 12.4 Å². The van der Waals surface area contributed by atoms with Crippen molar-refractivity contribution in [1.82, 2.24) is 9.80 Å². The van der Waals surface area contributed by atoms with E-state index in [9.17, 15) is 14.7 Å². The van der Waals surface area contributed by atoms with Gasteiger partial charge in [0.15, 0.2) is 0 Å². The van der Waals surface area contributed by atoms with E-state index in [0.717, 1.165) is 6.42 Å². The van der Waals surface area contributed by atoms with Gasteiger partial charge in [0.1, 0.15) is 11.9 Å². The van der Waals surface area contributed by atoms with Gasteiger partial charge in [0.05, 0.1) is 6.10 Å². The summed E-state index contributed by atoms with van der Waals surface area (Å²) in [7, 11) is 0. The van der Waals surface area contributed by atoms with Gasteiger partial charge in [0.2, 0.25) is 0 Å². The number of piperazine rings is 1. The van der Waals surface area contributed by atoms with Gasteiger partial charge < -0.3 is 25.4 Å². The minimum Gasteiger partial charge on any atom is -0.508 e. The number of rotatable bonds is 3. The maximum absolute atomic E-state index is 12.5. The molecule has 2 amide bonds. The first-order valence-electron chi connectivity index (χ1n) is 8.31. The molecule has 0 aliphatic carbocycles. The van der Waals surface area contributed by atoms with Gasteiger partial charge in [0.25, 0.3) is 11.8 Å². The van der Waals surface area contributed by atoms with E-state index in [4.69, 9.17) is 10.5 Å². The van der Waals surface area contributed by atoms with Gasteiger partial charge >= 0.3 is 0 Å². The van der Waals surface area contributed by atoms with Gasteiger partial charge in [-0.25, -0.2) is 0 Å². The van der Waals surface area contributed by atoms with Gasteiger partial charge in [-0.3, -0.25) is 9.59 Å². The fourth-order valence-electron chi connectivity index (χ4n) is 3.18. The molecule has 2 saturated heterocycles. The Labute approximate surface area is 153 Å². The van der Waals surface area contributed by atoms with Crippen molar-refractivity contribution in [2.45, 2.75) is 25.0 Å². The summed E-state index contributed by atoms with van der Waals surface area (Å²) in [6, 6.07) is 6.21. The van der Waals surface area contributed by atoms with Crippen molar-refractivity contribution in [3.8, 4) is 5.75 Å². The lowest BCUT2D eigenvalue weighted by Gasteiger charge is -2.35. The largest absolute Gasteiger partial charge is 0.508 e. The van der Waals surface area contributed by atoms with E-state index in [1.807, 2.05) is 0 Å². The normalized spacial score (nSPS) is 23.2. The van der Waals surface area contributed by atoms with Crippen LogP contribution in [0.5, 0.6) is 5.75 Å². The molecule has 138 valence electrons. The van der Waals surface area contributed by atoms with Gasteiger partial charge in [0, 0.05) is 38.3 Å². The standard InChI is InChI=1S/C17H23N3O4.ClH/c18-11-14-5-6-15(24-14)17(23)20-9-7-19(8-10-20)16(22)12-1-3-13(21)4-2-12;/h1-4,14-15,21H,5-11,18H2;1H/t14-,15+;/m1./s1. The summed E-state index contributed by atoms with van der Waals surface area (Å²) in [4.78, 5) is 28.4. The van der Waals surface area contributed by atoms with E-state index < -0.39 is 6.10 Å². The maximum atomic E-state index is 12.5. The Bertz CT molecular complexity index is 602. The SMILES string of the molecule is Cl.NC[C@H]1CC[C@@H](C(=O)N2CCN(C(=O)c3ccc(O)cc3)CC2)O1. The van der Waals surface area contributed by atoms with Crippen LogP contribution in [-0.4, -0.2) is 71.7 Å². The van der Waals surface area contributed by atoms with Crippen LogP contribution < -0.4 is 5.73 Å². The Balaban J connectivity index is 0.00000225. The summed E-state index contributed by atoms with van der Waals surface area (Å²) in [6.45, 7) is 2.46. The minimum atomic E-state index is -0.391. The average Bonchev–Trinajstić information content (AvgIpc) is 3.10. The minimum absolute atomic E-state index is 0. The number of phenols is 1. The number of aromatic hydroxyl groups is 1. The van der Waals surface area contributed by atoms with Crippen molar-refractivity contribution < 1.29 is 19.4 Å². The number of carbonyl (C=O) groups is 2. The molecule has 7 nitrogen and oxygen atoms in total. The number of carbonyl (C=O) groups excluding carboxylic acids is 2. The smallest absolute Gasteiger partial charge is 0.253 e. The second kappa shape index (κ2) is 8.51. The highest BCUT2D eigenvalue weighted by molar-refractivity contribution is 5.94. The highest BCUT2D eigenvalue weighted by Crippen LogP contribution is 2.21. The molecule has 8 heteroatoms. The first-order valence-corrected chi connectivity index (χ1v) is 8.31. The molecule has 2 atom stereocenters. The van der Waals surface area contributed by atoms with Crippen LogP contribution in [0.4, 0.5) is 0 Å². The molecule has 0 unspecified atom stereocenters. The lowest BCUT2D eigenvalue weighted by molar-refractivity contribution is -0.144. The van der Waals surface area contributed by atoms with Crippen LogP contribution in [0, 0.1) is 0 Å². The molecule has 25 heavy (non-hydrogen) atoms. The van der Waals surface area contributed by atoms with E-state index in [1.165, 1.54) is 12.1 Å². The van der Waals surface area contributed by atoms with E-state index >= 15 is 0 Å². The number of benzene rings is 1. The van der Waals surface area contributed by atoms with Crippen LogP contribution in [0.1, 0.15) is 23.2 Å². The zero-order chi connectivity index (χ0) is 17.1. The summed E-state index contributed by atoms with van der Waals surface area (Å²) >= 11 is 0. The van der Waals surface area contributed by atoms with Crippen molar-refractivity contribution in [2.24, 2.45) is 5.73 Å². The number of ether oxygens (including phenoxy) is 1. The first kappa shape index (κ1) is 19.5. The lowest BCUT2D eigenvalue weighted by Crippen LogP contribution is -2.53. The van der Waals surface area contributed by atoms with Crippen LogP contribution in [0.3, 0.4) is 0 Å². The van der Waals surface area contributed by atoms with Gasteiger partial charge in [-0.05, 0) is 37.1 Å². The highest BCUT2D eigenvalue weighted by atomic mass is 35.5. The third-order valence-corrected chi connectivity index (χ3v) is 4.64. The number of hydrogen-bond donors (Lipinski definition) is 2. The third kappa shape index (κ3) is 4.42. The van der Waals surface area contributed by atoms with Crippen LogP contribution in [0.2, 0.25) is 0 Å². The molecule has 2 fully saturated rings. The fraction of sp³-hybridized carbons (Fsp3) is 0.529. The zero-order valence-corrected chi connectivity index (χ0v) is 14.8. The van der Waals surface area contributed by atoms with Crippen molar-refractivity contribution >= 4 is 24.2 Å². The average molecular weight is 370 g/mol. The quantitative estimate of drug-likeness (QED) is 0.813. The first-order chi connectivity index (χ1) is 11.6. The summed E-state index contributed by atoms with van der Waals surface area (Å²) in [5.74, 6) is 0.0550. The number of phenolic OH excluding ortho intramolecular Hbond substituents is 1. The zero-order valence-electron chi connectivity index (χ0n) is 14.0. The molecule has 0 radical (unpaired) electrons. The predicted octanol–water partition coefficient (Wildman–Crippen LogP) is 0.605. The van der Waals surface area contributed by atoms with Crippen LogP contribution in [-0.2, 0) is 9.53 Å². The molecule has 2 heterocycles. The Morgan fingerprint density at radius 2 is 1.68 bits per heavy atom. The second-order valence-electron chi connectivity index (χ2n) is 6.22. The van der Waals surface area contributed by atoms with E-state index in [0.29, 0.717) is 44.7 Å². The summed E-state index contributed by atoms with van der Waals surface area (Å²) in [6.07, 6.45) is 1.13. The monoisotopic (exact) mass is 369 g/mol. The molecular weight excluding hydrogens is 346 g/mol. The van der Waals surface area contributed by atoms with E-state index in [2.05, 4.69) is 0 Å². The molecule has 0 saturated carbocycles. The third-order valence-electron chi connectivity index (χ3n) is 4.64. The topological polar surface area (TPSA) is 96.1 Å². The Kier molecular flexibility index (Phi) is 6.64. The molecule has 1 aromatic carbocycles. The molecule has 2 aliphatic heterocycles. The number of amides is 2. The molecule has 1 aromatic rings. The molecular formula is C17H24ClN3O4. The van der Waals surface area contributed by atoms with Crippen molar-refractivity contribution in [3.05, 3.63) is 29.8 Å². The van der Waals surface area contributed by atoms with Crippen molar-refractivity contribution in [1.29, 1.82) is 0 Å². The molecule has 3 rings (SSSR count). The molecule has 2 aliphatic rings.